The minimum Gasteiger partial charge on any atom is -0.656 e. The van der Waals surface area contributed by atoms with E-state index < -0.39 is 5.92 Å². The number of aromatic nitrogens is 5. The van der Waals surface area contributed by atoms with E-state index in [1.165, 1.54) is 12.1 Å². The Morgan fingerprint density at radius 2 is 1.35 bits per heavy atom. The number of halogens is 2. The number of hydrogen-bond donors (Lipinski definition) is 0. The van der Waals surface area contributed by atoms with Gasteiger partial charge in [-0.05, 0) is 69.6 Å². The average molecular weight is 963 g/mol. The third kappa shape index (κ3) is 5.83. The summed E-state index contributed by atoms with van der Waals surface area (Å²) < 4.78 is 37.4. The number of pyridine rings is 1. The van der Waals surface area contributed by atoms with Crippen molar-refractivity contribution in [2.45, 2.75) is 25.7 Å². The molecule has 0 aliphatic carbocycles. The normalized spacial score (nSPS) is 12.0. The first-order valence-electron chi connectivity index (χ1n) is 19.8. The second-order valence-electron chi connectivity index (χ2n) is 15.3. The number of para-hydroxylation sites is 4. The summed E-state index contributed by atoms with van der Waals surface area (Å²) in [4.78, 5) is 15.3. The van der Waals surface area contributed by atoms with Crippen LogP contribution in [0.25, 0.3) is 88.7 Å². The third-order valence-electron chi connectivity index (χ3n) is 11.5. The van der Waals surface area contributed by atoms with Gasteiger partial charge >= 0.3 is 21.1 Å². The number of fused-ring (bicyclic) bond motifs is 7. The van der Waals surface area contributed by atoms with Crippen LogP contribution in [-0.2, 0) is 27.0 Å². The van der Waals surface area contributed by atoms with Gasteiger partial charge in [0.15, 0.2) is 0 Å². The molecular formula is C52H35F2N5Pt. The van der Waals surface area contributed by atoms with E-state index in [-0.39, 0.29) is 38.1 Å². The molecule has 11 aromatic rings. The third-order valence-corrected chi connectivity index (χ3v) is 11.5. The number of nitrogens with zero attached hydrogens (tertiary/aromatic N) is 5. The van der Waals surface area contributed by atoms with Crippen LogP contribution in [0, 0.1) is 6.07 Å². The fraction of sp³-hybridized carbons (Fsp3) is 0.0769. The van der Waals surface area contributed by atoms with E-state index in [0.29, 0.717) is 16.9 Å². The van der Waals surface area contributed by atoms with Crippen molar-refractivity contribution in [2.24, 2.45) is 0 Å². The molecule has 0 bridgehead atoms. The van der Waals surface area contributed by atoms with Crippen molar-refractivity contribution < 1.29 is 29.8 Å². The topological polar surface area (TPSA) is 49.7 Å². The summed E-state index contributed by atoms with van der Waals surface area (Å²) in [5.74, 6) is -1.98. The molecule has 8 heteroatoms. The van der Waals surface area contributed by atoms with E-state index in [0.717, 1.165) is 77.3 Å². The van der Waals surface area contributed by atoms with E-state index in [1.54, 1.807) is 30.5 Å². The van der Waals surface area contributed by atoms with Crippen LogP contribution in [-0.4, -0.2) is 19.1 Å². The fourth-order valence-corrected chi connectivity index (χ4v) is 8.75. The molecule has 0 unspecified atom stereocenters. The van der Waals surface area contributed by atoms with Gasteiger partial charge in [-0.2, -0.15) is 8.78 Å². The minimum absolute atomic E-state index is 0. The Morgan fingerprint density at radius 3 is 2.13 bits per heavy atom. The van der Waals surface area contributed by atoms with Gasteiger partial charge in [-0.3, -0.25) is 4.57 Å². The van der Waals surface area contributed by atoms with E-state index in [4.69, 9.17) is 15.0 Å². The Balaban J connectivity index is 0.00000433. The van der Waals surface area contributed by atoms with Crippen LogP contribution in [0.5, 0.6) is 0 Å². The predicted octanol–water partition coefficient (Wildman–Crippen LogP) is 13.2. The Kier molecular flexibility index (Phi) is 9.11. The van der Waals surface area contributed by atoms with Crippen LogP contribution < -0.4 is 4.98 Å². The number of imidazole rings is 1. The zero-order chi connectivity index (χ0) is 39.8. The van der Waals surface area contributed by atoms with Gasteiger partial charge in [0.05, 0.1) is 11.0 Å². The molecule has 4 aromatic heterocycles. The first-order chi connectivity index (χ1) is 28.9. The summed E-state index contributed by atoms with van der Waals surface area (Å²) >= 11 is 0. The molecule has 0 saturated heterocycles. The summed E-state index contributed by atoms with van der Waals surface area (Å²) in [5, 5.41) is 3.95. The minimum atomic E-state index is -3.23. The molecule has 60 heavy (non-hydrogen) atoms. The molecule has 0 aliphatic heterocycles. The van der Waals surface area contributed by atoms with Crippen LogP contribution in [0.1, 0.15) is 36.5 Å². The van der Waals surface area contributed by atoms with Gasteiger partial charge in [0.25, 0.3) is 5.92 Å². The van der Waals surface area contributed by atoms with Crippen molar-refractivity contribution in [3.63, 3.8) is 0 Å². The largest absolute Gasteiger partial charge is 2.00 e. The first-order valence-corrected chi connectivity index (χ1v) is 19.8. The summed E-state index contributed by atoms with van der Waals surface area (Å²) in [6, 6.07) is 56.3. The average Bonchev–Trinajstić information content (AvgIpc) is 3.96. The molecule has 0 fully saturated rings. The molecule has 0 radical (unpaired) electrons. The Morgan fingerprint density at radius 1 is 0.633 bits per heavy atom. The maximum absolute atomic E-state index is 16.6. The Hall–Kier alpha value is -6.69. The van der Waals surface area contributed by atoms with Crippen LogP contribution >= 0.6 is 0 Å². The molecule has 11 rings (SSSR count). The molecule has 0 spiro atoms. The first kappa shape index (κ1) is 37.6. The van der Waals surface area contributed by atoms with Gasteiger partial charge in [-0.25, -0.2) is 9.97 Å². The van der Waals surface area contributed by atoms with Crippen molar-refractivity contribution in [3.8, 4) is 34.0 Å². The molecule has 7 aromatic carbocycles. The summed E-state index contributed by atoms with van der Waals surface area (Å²) in [5.41, 5.74) is 9.13. The van der Waals surface area contributed by atoms with Crippen molar-refractivity contribution in [3.05, 3.63) is 193 Å². The summed E-state index contributed by atoms with van der Waals surface area (Å²) in [7, 11) is 0. The SMILES string of the molecule is CC(C)c1cc2c3ccc(-c4cccc5c4nc(-c4cccc6c4[n-]c4ccccc46)n5-c4ccccc4)[c-]c3n(-c3ccccn3)c2cc1C(F)(F)c1ccccc1.[Pt+2]. The molecule has 0 N–H and O–H groups in total. The van der Waals surface area contributed by atoms with Gasteiger partial charge in [0, 0.05) is 34.1 Å². The van der Waals surface area contributed by atoms with Crippen LogP contribution in [0.3, 0.4) is 0 Å². The Bertz CT molecular complexity index is 3390. The van der Waals surface area contributed by atoms with Crippen molar-refractivity contribution in [2.75, 3.05) is 0 Å². The predicted molar refractivity (Wildman–Crippen MR) is 235 cm³/mol. The smallest absolute Gasteiger partial charge is 0.656 e. The zero-order valence-electron chi connectivity index (χ0n) is 32.6. The number of benzene rings is 7. The van der Waals surface area contributed by atoms with Gasteiger partial charge in [0.1, 0.15) is 11.6 Å². The Labute approximate surface area is 359 Å². The van der Waals surface area contributed by atoms with Crippen LogP contribution in [0.2, 0.25) is 0 Å². The second kappa shape index (κ2) is 14.5. The molecular weight excluding hydrogens is 928 g/mol. The van der Waals surface area contributed by atoms with Crippen LogP contribution in [0.4, 0.5) is 8.78 Å². The molecule has 292 valence electrons. The van der Waals surface area contributed by atoms with Crippen molar-refractivity contribution >= 4 is 54.6 Å². The quantitative estimate of drug-likeness (QED) is 0.150. The maximum Gasteiger partial charge on any atom is 2.00 e. The van der Waals surface area contributed by atoms with Gasteiger partial charge < -0.3 is 9.55 Å². The molecule has 0 amide bonds. The molecule has 0 saturated carbocycles. The molecule has 4 heterocycles. The van der Waals surface area contributed by atoms with Gasteiger partial charge in [-0.1, -0.05) is 140 Å². The van der Waals surface area contributed by atoms with Crippen LogP contribution in [0.15, 0.2) is 170 Å². The molecule has 0 aliphatic rings. The number of alkyl halides is 2. The summed E-state index contributed by atoms with van der Waals surface area (Å²) in [6.45, 7) is 3.93. The van der Waals surface area contributed by atoms with E-state index in [1.807, 2.05) is 79.1 Å². The van der Waals surface area contributed by atoms with Gasteiger partial charge in [-0.15, -0.1) is 34.8 Å². The summed E-state index contributed by atoms with van der Waals surface area (Å²) in [6.07, 6.45) is 1.72. The van der Waals surface area contributed by atoms with E-state index in [2.05, 4.69) is 77.4 Å². The number of rotatable bonds is 7. The monoisotopic (exact) mass is 962 g/mol. The van der Waals surface area contributed by atoms with E-state index >= 15 is 8.78 Å². The zero-order valence-corrected chi connectivity index (χ0v) is 34.8. The van der Waals surface area contributed by atoms with Gasteiger partial charge in [0.2, 0.25) is 0 Å². The number of hydrogen-bond acceptors (Lipinski definition) is 2. The van der Waals surface area contributed by atoms with E-state index in [9.17, 15) is 0 Å². The fourth-order valence-electron chi connectivity index (χ4n) is 8.75. The second-order valence-corrected chi connectivity index (χ2v) is 15.3. The maximum atomic E-state index is 16.6. The van der Waals surface area contributed by atoms with Crippen molar-refractivity contribution in [1.29, 1.82) is 0 Å². The molecule has 0 atom stereocenters. The standard InChI is InChI=1S/C52H35F2N5.Pt/c1-32(2)41-30-42-38-27-26-33(29-46(38)59(48-25-11-12-28-55-48)47(42)31-43(41)52(53,54)34-15-5-3-6-16-34)36-20-14-24-45-50(36)57-51(58(45)35-17-7-4-8-18-35)40-22-13-21-39-37-19-9-10-23-44(37)56-49(39)40;/h3-28,30-32H,1-2H3;/q-2;+2. The van der Waals surface area contributed by atoms with Crippen molar-refractivity contribution in [1.82, 2.24) is 24.1 Å². The molecule has 5 nitrogen and oxygen atoms in total.